The van der Waals surface area contributed by atoms with Gasteiger partial charge in [0.15, 0.2) is 0 Å². The Bertz CT molecular complexity index is 44.1. The minimum atomic E-state index is 0. The van der Waals surface area contributed by atoms with E-state index in [2.05, 4.69) is 0 Å². The van der Waals surface area contributed by atoms with Crippen LogP contribution in [-0.2, 0) is 0 Å². The number of nitrogens with two attached hydrogens (primary N) is 1. The highest BCUT2D eigenvalue weighted by molar-refractivity contribution is 6.63. The first kappa shape index (κ1) is 9.54. The van der Waals surface area contributed by atoms with Gasteiger partial charge in [0.05, 0.1) is 0 Å². The molecule has 0 saturated heterocycles. The van der Waals surface area contributed by atoms with Crippen molar-refractivity contribution in [3.05, 3.63) is 0 Å². The Morgan fingerprint density at radius 1 is 1.83 bits per heavy atom. The third-order valence-corrected chi connectivity index (χ3v) is 0.605. The molecule has 0 amide bonds. The standard InChI is InChI=1S/C3H6ClN.ClH/c1-2-3(4)5;/h5H,2H2,1H3;1H. The van der Waals surface area contributed by atoms with Crippen LogP contribution in [0.15, 0.2) is 0 Å². The fraction of sp³-hybridized carbons (Fsp3) is 0.667. The highest BCUT2D eigenvalue weighted by Crippen LogP contribution is 1.77. The Morgan fingerprint density at radius 2 is 2.00 bits per heavy atom. The molecule has 3 heteroatoms. The van der Waals surface area contributed by atoms with E-state index in [-0.39, 0.29) is 12.4 Å². The summed E-state index contributed by atoms with van der Waals surface area (Å²) in [6.07, 6.45) is 0.765. The van der Waals surface area contributed by atoms with Crippen molar-refractivity contribution in [1.29, 1.82) is 0 Å². The van der Waals surface area contributed by atoms with Gasteiger partial charge in [-0.25, -0.2) is 5.41 Å². The Hall–Kier alpha value is 0.250. The summed E-state index contributed by atoms with van der Waals surface area (Å²) in [7, 11) is 0. The Morgan fingerprint density at radius 3 is 2.00 bits per heavy atom. The van der Waals surface area contributed by atoms with Crippen molar-refractivity contribution < 1.29 is 17.8 Å². The predicted octanol–water partition coefficient (Wildman–Crippen LogP) is -3.20. The highest BCUT2D eigenvalue weighted by Gasteiger charge is 1.83. The van der Waals surface area contributed by atoms with E-state index in [1.807, 2.05) is 6.92 Å². The van der Waals surface area contributed by atoms with Crippen LogP contribution >= 0.6 is 11.6 Å². The van der Waals surface area contributed by atoms with Gasteiger partial charge in [-0.15, -0.1) is 0 Å². The first-order valence-corrected chi connectivity index (χ1v) is 1.92. The van der Waals surface area contributed by atoms with Crippen molar-refractivity contribution in [2.75, 3.05) is 0 Å². The molecular formula is C3H7Cl2N. The third-order valence-electron chi connectivity index (χ3n) is 0.338. The Balaban J connectivity index is 0. The van der Waals surface area contributed by atoms with E-state index in [9.17, 15) is 0 Å². The normalized spacial score (nSPS) is 6.33. The summed E-state index contributed by atoms with van der Waals surface area (Å²) in [4.78, 5) is 0. The second kappa shape index (κ2) is 5.25. The van der Waals surface area contributed by atoms with Crippen molar-refractivity contribution in [2.24, 2.45) is 0 Å². The van der Waals surface area contributed by atoms with Crippen LogP contribution in [0.25, 0.3) is 0 Å². The van der Waals surface area contributed by atoms with Crippen LogP contribution in [0.5, 0.6) is 0 Å². The molecule has 0 bridgehead atoms. The summed E-state index contributed by atoms with van der Waals surface area (Å²) in [5.74, 6) is 0. The lowest BCUT2D eigenvalue weighted by Crippen LogP contribution is -3.00. The lowest BCUT2D eigenvalue weighted by Gasteiger charge is -1.66. The van der Waals surface area contributed by atoms with Gasteiger partial charge >= 0.3 is 0 Å². The largest absolute Gasteiger partial charge is 1.00 e. The molecule has 38 valence electrons. The van der Waals surface area contributed by atoms with Crippen molar-refractivity contribution >= 4 is 16.8 Å². The van der Waals surface area contributed by atoms with Gasteiger partial charge < -0.3 is 12.4 Å². The first-order valence-electron chi connectivity index (χ1n) is 1.54. The summed E-state index contributed by atoms with van der Waals surface area (Å²) >= 11 is 5.16. The maximum atomic E-state index is 5.16. The summed E-state index contributed by atoms with van der Waals surface area (Å²) < 4.78 is 0. The molecule has 0 aliphatic rings. The summed E-state index contributed by atoms with van der Waals surface area (Å²) in [5, 5.41) is 5.45. The zero-order chi connectivity index (χ0) is 4.28. The fourth-order valence-electron chi connectivity index (χ4n) is 0. The zero-order valence-corrected chi connectivity index (χ0v) is 5.05. The van der Waals surface area contributed by atoms with E-state index in [0.717, 1.165) is 6.42 Å². The lowest BCUT2D eigenvalue weighted by atomic mass is 10.5. The van der Waals surface area contributed by atoms with Crippen molar-refractivity contribution in [3.8, 4) is 0 Å². The number of halogens is 2. The molecule has 0 unspecified atom stereocenters. The molecule has 0 aromatic carbocycles. The fourth-order valence-corrected chi connectivity index (χ4v) is 0. The van der Waals surface area contributed by atoms with Crippen molar-refractivity contribution in [3.63, 3.8) is 0 Å². The van der Waals surface area contributed by atoms with Gasteiger partial charge in [-0.05, 0) is 11.6 Å². The van der Waals surface area contributed by atoms with Crippen LogP contribution in [-0.4, -0.2) is 5.17 Å². The molecule has 0 aromatic heterocycles. The van der Waals surface area contributed by atoms with Crippen LogP contribution in [0.3, 0.4) is 0 Å². The zero-order valence-electron chi connectivity index (χ0n) is 3.54. The van der Waals surface area contributed by atoms with Gasteiger partial charge in [0.2, 0.25) is 5.17 Å². The summed E-state index contributed by atoms with van der Waals surface area (Å²) in [5.41, 5.74) is 0. The van der Waals surface area contributed by atoms with Crippen molar-refractivity contribution in [2.45, 2.75) is 13.3 Å². The third kappa shape index (κ3) is 8.87. The van der Waals surface area contributed by atoms with E-state index in [4.69, 9.17) is 17.0 Å². The summed E-state index contributed by atoms with van der Waals surface area (Å²) in [6, 6.07) is 0. The van der Waals surface area contributed by atoms with Gasteiger partial charge in [0.1, 0.15) is 0 Å². The molecule has 0 fully saturated rings. The molecule has 0 radical (unpaired) electrons. The van der Waals surface area contributed by atoms with Crippen LogP contribution in [0.4, 0.5) is 0 Å². The van der Waals surface area contributed by atoms with Crippen molar-refractivity contribution in [1.82, 2.24) is 0 Å². The smallest absolute Gasteiger partial charge is 0.241 e. The number of hydrogen-bond acceptors (Lipinski definition) is 0. The van der Waals surface area contributed by atoms with Gasteiger partial charge in [0, 0.05) is 6.42 Å². The molecular weight excluding hydrogens is 121 g/mol. The quantitative estimate of drug-likeness (QED) is 0.360. The van der Waals surface area contributed by atoms with Crippen LogP contribution < -0.4 is 17.8 Å². The number of rotatable bonds is 1. The molecule has 0 rings (SSSR count). The number of hydrogen-bond donors (Lipinski definition) is 1. The molecule has 0 saturated carbocycles. The van der Waals surface area contributed by atoms with E-state index >= 15 is 0 Å². The molecule has 0 spiro atoms. The maximum absolute atomic E-state index is 5.16. The molecule has 0 atom stereocenters. The van der Waals surface area contributed by atoms with Gasteiger partial charge in [-0.2, -0.15) is 0 Å². The molecule has 0 aromatic rings. The molecule has 0 aliphatic heterocycles. The average Bonchev–Trinajstić information content (AvgIpc) is 1.38. The second-order valence-corrected chi connectivity index (χ2v) is 1.29. The maximum Gasteiger partial charge on any atom is 0.241 e. The van der Waals surface area contributed by atoms with E-state index in [1.165, 1.54) is 0 Å². The molecule has 6 heavy (non-hydrogen) atoms. The van der Waals surface area contributed by atoms with Gasteiger partial charge in [0.25, 0.3) is 0 Å². The lowest BCUT2D eigenvalue weighted by molar-refractivity contribution is -0.111. The Labute approximate surface area is 48.6 Å². The van der Waals surface area contributed by atoms with Gasteiger partial charge in [-0.3, -0.25) is 0 Å². The predicted molar refractivity (Wildman–Crippen MR) is 23.1 cm³/mol. The van der Waals surface area contributed by atoms with Crippen LogP contribution in [0.2, 0.25) is 0 Å². The highest BCUT2D eigenvalue weighted by atomic mass is 35.5. The summed E-state index contributed by atoms with van der Waals surface area (Å²) in [6.45, 7) is 1.91. The average molecular weight is 128 g/mol. The SMILES string of the molecule is CCC(=[NH2+])Cl.[Cl-]. The minimum Gasteiger partial charge on any atom is -1.00 e. The van der Waals surface area contributed by atoms with E-state index in [0.29, 0.717) is 5.17 Å². The second-order valence-electron chi connectivity index (χ2n) is 0.800. The van der Waals surface area contributed by atoms with Gasteiger partial charge in [-0.1, -0.05) is 6.92 Å². The topological polar surface area (TPSA) is 25.6 Å². The molecule has 1 nitrogen and oxygen atoms in total. The monoisotopic (exact) mass is 127 g/mol. The van der Waals surface area contributed by atoms with E-state index in [1.54, 1.807) is 0 Å². The minimum absolute atomic E-state index is 0. The molecule has 0 heterocycles. The first-order chi connectivity index (χ1) is 2.27. The molecule has 2 N–H and O–H groups in total. The van der Waals surface area contributed by atoms with Crippen LogP contribution in [0, 0.1) is 0 Å². The Kier molecular flexibility index (Phi) is 8.35. The van der Waals surface area contributed by atoms with Crippen LogP contribution in [0.1, 0.15) is 13.3 Å². The molecule has 0 aliphatic carbocycles. The van der Waals surface area contributed by atoms with E-state index < -0.39 is 0 Å².